The van der Waals surface area contributed by atoms with E-state index in [0.717, 1.165) is 12.8 Å². The zero-order valence-electron chi connectivity index (χ0n) is 13.5. The van der Waals surface area contributed by atoms with Crippen molar-refractivity contribution in [2.24, 2.45) is 5.92 Å². The van der Waals surface area contributed by atoms with E-state index in [2.05, 4.69) is 6.92 Å². The molecule has 1 aromatic carbocycles. The average molecular weight is 327 g/mol. The van der Waals surface area contributed by atoms with Crippen LogP contribution in [0.3, 0.4) is 0 Å². The van der Waals surface area contributed by atoms with Gasteiger partial charge in [-0.25, -0.2) is 8.42 Å². The lowest BCUT2D eigenvalue weighted by Gasteiger charge is -2.29. The maximum atomic E-state index is 12.7. The smallest absolute Gasteiger partial charge is 0.243 e. The minimum Gasteiger partial charge on any atom is -0.490 e. The minimum absolute atomic E-state index is 0.272. The Morgan fingerprint density at radius 2 is 1.68 bits per heavy atom. The summed E-state index contributed by atoms with van der Waals surface area (Å²) in [4.78, 5) is 0.272. The molecule has 22 heavy (non-hydrogen) atoms. The molecule has 0 unspecified atom stereocenters. The van der Waals surface area contributed by atoms with Crippen LogP contribution in [0.2, 0.25) is 0 Å². The van der Waals surface area contributed by atoms with E-state index in [1.807, 2.05) is 13.8 Å². The second kappa shape index (κ2) is 7.33. The summed E-state index contributed by atoms with van der Waals surface area (Å²) in [6.07, 6.45) is 1.82. The molecule has 0 aromatic heterocycles. The topological polar surface area (TPSA) is 55.8 Å². The van der Waals surface area contributed by atoms with E-state index >= 15 is 0 Å². The van der Waals surface area contributed by atoms with Gasteiger partial charge in [-0.15, -0.1) is 0 Å². The molecule has 0 atom stereocenters. The van der Waals surface area contributed by atoms with Gasteiger partial charge in [0.15, 0.2) is 11.5 Å². The lowest BCUT2D eigenvalue weighted by molar-refractivity contribution is 0.283. The standard InChI is InChI=1S/C16H25NO4S/c1-4-20-15-7-6-14(12-16(15)21-5-2)22(18,19)17-10-8-13(3)9-11-17/h6-7,12-13H,4-5,8-11H2,1-3H3. The molecule has 0 spiro atoms. The predicted molar refractivity (Wildman–Crippen MR) is 85.9 cm³/mol. The van der Waals surface area contributed by atoms with Gasteiger partial charge in [0.2, 0.25) is 10.0 Å². The van der Waals surface area contributed by atoms with Gasteiger partial charge in [0.25, 0.3) is 0 Å². The molecule has 1 aromatic rings. The van der Waals surface area contributed by atoms with E-state index in [9.17, 15) is 8.42 Å². The Balaban J connectivity index is 2.28. The first-order valence-electron chi connectivity index (χ1n) is 7.88. The maximum Gasteiger partial charge on any atom is 0.243 e. The number of nitrogens with zero attached hydrogens (tertiary/aromatic N) is 1. The van der Waals surface area contributed by atoms with Crippen molar-refractivity contribution in [1.82, 2.24) is 4.31 Å². The highest BCUT2D eigenvalue weighted by Crippen LogP contribution is 2.32. The van der Waals surface area contributed by atoms with Crippen LogP contribution in [-0.4, -0.2) is 39.0 Å². The Morgan fingerprint density at radius 1 is 1.09 bits per heavy atom. The summed E-state index contributed by atoms with van der Waals surface area (Å²) in [5, 5.41) is 0. The maximum absolute atomic E-state index is 12.7. The molecule has 0 aliphatic carbocycles. The summed E-state index contributed by atoms with van der Waals surface area (Å²) < 4.78 is 38.1. The molecule has 1 saturated heterocycles. The first kappa shape index (κ1) is 17.1. The first-order chi connectivity index (χ1) is 10.5. The summed E-state index contributed by atoms with van der Waals surface area (Å²) in [6, 6.07) is 4.84. The molecule has 0 saturated carbocycles. The summed E-state index contributed by atoms with van der Waals surface area (Å²) in [7, 11) is -3.46. The van der Waals surface area contributed by atoms with Crippen LogP contribution in [-0.2, 0) is 10.0 Å². The normalized spacial score (nSPS) is 17.4. The largest absolute Gasteiger partial charge is 0.490 e. The fourth-order valence-electron chi connectivity index (χ4n) is 2.57. The average Bonchev–Trinajstić information content (AvgIpc) is 2.50. The lowest BCUT2D eigenvalue weighted by atomic mass is 10.0. The van der Waals surface area contributed by atoms with Gasteiger partial charge >= 0.3 is 0 Å². The van der Waals surface area contributed by atoms with Crippen molar-refractivity contribution >= 4 is 10.0 Å². The van der Waals surface area contributed by atoms with Crippen molar-refractivity contribution in [3.63, 3.8) is 0 Å². The molecule has 0 radical (unpaired) electrons. The fourth-order valence-corrected chi connectivity index (χ4v) is 4.05. The molecule has 5 nitrogen and oxygen atoms in total. The van der Waals surface area contributed by atoms with Gasteiger partial charge in [0.1, 0.15) is 0 Å². The van der Waals surface area contributed by atoms with Crippen LogP contribution >= 0.6 is 0 Å². The van der Waals surface area contributed by atoms with Crippen LogP contribution in [0.15, 0.2) is 23.1 Å². The Bertz CT molecular complexity index is 592. The number of piperidine rings is 1. The van der Waals surface area contributed by atoms with E-state index in [1.165, 1.54) is 0 Å². The van der Waals surface area contributed by atoms with Gasteiger partial charge in [-0.1, -0.05) is 6.92 Å². The van der Waals surface area contributed by atoms with Crippen LogP contribution in [0.25, 0.3) is 0 Å². The number of rotatable bonds is 6. The molecule has 124 valence electrons. The van der Waals surface area contributed by atoms with Crippen LogP contribution in [0.1, 0.15) is 33.6 Å². The van der Waals surface area contributed by atoms with Crippen LogP contribution in [0, 0.1) is 5.92 Å². The van der Waals surface area contributed by atoms with E-state index in [1.54, 1.807) is 22.5 Å². The molecule has 0 amide bonds. The van der Waals surface area contributed by atoms with Gasteiger partial charge in [-0.2, -0.15) is 4.31 Å². The van der Waals surface area contributed by atoms with Gasteiger partial charge in [0.05, 0.1) is 18.1 Å². The quantitative estimate of drug-likeness (QED) is 0.806. The monoisotopic (exact) mass is 327 g/mol. The zero-order valence-corrected chi connectivity index (χ0v) is 14.4. The minimum atomic E-state index is -3.46. The number of benzene rings is 1. The summed E-state index contributed by atoms with van der Waals surface area (Å²) >= 11 is 0. The van der Waals surface area contributed by atoms with E-state index in [0.29, 0.717) is 43.7 Å². The molecule has 1 aliphatic heterocycles. The number of ether oxygens (including phenoxy) is 2. The van der Waals surface area contributed by atoms with Gasteiger partial charge in [-0.3, -0.25) is 0 Å². The van der Waals surface area contributed by atoms with Crippen molar-refractivity contribution in [2.75, 3.05) is 26.3 Å². The molecule has 2 rings (SSSR count). The highest BCUT2D eigenvalue weighted by Gasteiger charge is 2.28. The highest BCUT2D eigenvalue weighted by atomic mass is 32.2. The lowest BCUT2D eigenvalue weighted by Crippen LogP contribution is -2.37. The van der Waals surface area contributed by atoms with Crippen LogP contribution in [0.4, 0.5) is 0 Å². The Labute approximate surface area is 133 Å². The molecular formula is C16H25NO4S. The van der Waals surface area contributed by atoms with E-state index in [4.69, 9.17) is 9.47 Å². The van der Waals surface area contributed by atoms with Crippen LogP contribution in [0.5, 0.6) is 11.5 Å². The second-order valence-corrected chi connectivity index (χ2v) is 7.50. The molecular weight excluding hydrogens is 302 g/mol. The predicted octanol–water partition coefficient (Wildman–Crippen LogP) is 2.90. The molecule has 0 bridgehead atoms. The summed E-state index contributed by atoms with van der Waals surface area (Å²) in [5.41, 5.74) is 0. The van der Waals surface area contributed by atoms with Crippen molar-refractivity contribution in [1.29, 1.82) is 0 Å². The third-order valence-electron chi connectivity index (χ3n) is 3.90. The Kier molecular flexibility index (Phi) is 5.69. The summed E-state index contributed by atoms with van der Waals surface area (Å²) in [6.45, 7) is 8.05. The molecule has 6 heteroatoms. The van der Waals surface area contributed by atoms with E-state index < -0.39 is 10.0 Å². The number of sulfonamides is 1. The number of hydrogen-bond acceptors (Lipinski definition) is 4. The Morgan fingerprint density at radius 3 is 2.27 bits per heavy atom. The highest BCUT2D eigenvalue weighted by molar-refractivity contribution is 7.89. The zero-order chi connectivity index (χ0) is 16.2. The SMILES string of the molecule is CCOc1ccc(S(=O)(=O)N2CCC(C)CC2)cc1OCC. The Hall–Kier alpha value is -1.27. The molecule has 1 heterocycles. The van der Waals surface area contributed by atoms with Crippen molar-refractivity contribution in [3.8, 4) is 11.5 Å². The van der Waals surface area contributed by atoms with Crippen molar-refractivity contribution in [3.05, 3.63) is 18.2 Å². The van der Waals surface area contributed by atoms with Gasteiger partial charge in [-0.05, 0) is 44.7 Å². The fraction of sp³-hybridized carbons (Fsp3) is 0.625. The third-order valence-corrected chi connectivity index (χ3v) is 5.79. The molecule has 1 aliphatic rings. The van der Waals surface area contributed by atoms with Crippen molar-refractivity contribution < 1.29 is 17.9 Å². The van der Waals surface area contributed by atoms with Crippen molar-refractivity contribution in [2.45, 2.75) is 38.5 Å². The molecule has 0 N–H and O–H groups in total. The van der Waals surface area contributed by atoms with Gasteiger partial charge in [0, 0.05) is 19.2 Å². The first-order valence-corrected chi connectivity index (χ1v) is 9.32. The molecule has 1 fully saturated rings. The number of hydrogen-bond donors (Lipinski definition) is 0. The van der Waals surface area contributed by atoms with Crippen LogP contribution < -0.4 is 9.47 Å². The van der Waals surface area contributed by atoms with E-state index in [-0.39, 0.29) is 4.90 Å². The van der Waals surface area contributed by atoms with Gasteiger partial charge < -0.3 is 9.47 Å². The third kappa shape index (κ3) is 3.73. The second-order valence-electron chi connectivity index (χ2n) is 5.56. The summed E-state index contributed by atoms with van der Waals surface area (Å²) in [5.74, 6) is 1.65.